The van der Waals surface area contributed by atoms with Crippen LogP contribution in [0.5, 0.6) is 5.88 Å². The van der Waals surface area contributed by atoms with Crippen LogP contribution in [0.2, 0.25) is 0 Å². The number of rotatable bonds is 7. The molecule has 0 radical (unpaired) electrons. The number of aliphatic imine (C=N–C) groups is 1. The molecule has 0 unspecified atom stereocenters. The van der Waals surface area contributed by atoms with Crippen molar-refractivity contribution in [3.8, 4) is 5.88 Å². The molecule has 0 amide bonds. The number of hydrogen-bond acceptors (Lipinski definition) is 3. The van der Waals surface area contributed by atoms with Crippen molar-refractivity contribution in [2.24, 2.45) is 4.99 Å². The summed E-state index contributed by atoms with van der Waals surface area (Å²) in [6.07, 6.45) is 4.06. The van der Waals surface area contributed by atoms with Crippen LogP contribution in [0.3, 0.4) is 0 Å². The van der Waals surface area contributed by atoms with Crippen molar-refractivity contribution in [1.29, 1.82) is 0 Å². The van der Waals surface area contributed by atoms with Crippen LogP contribution in [0.25, 0.3) is 0 Å². The van der Waals surface area contributed by atoms with Gasteiger partial charge in [0.2, 0.25) is 5.88 Å². The smallest absolute Gasteiger partial charge is 0.213 e. The number of aromatic nitrogens is 1. The van der Waals surface area contributed by atoms with Gasteiger partial charge in [0.15, 0.2) is 5.96 Å². The summed E-state index contributed by atoms with van der Waals surface area (Å²) in [6, 6.07) is 3.85. The van der Waals surface area contributed by atoms with Crippen LogP contribution in [0.1, 0.15) is 32.3 Å². The van der Waals surface area contributed by atoms with E-state index < -0.39 is 0 Å². The minimum atomic E-state index is 0.611. The summed E-state index contributed by atoms with van der Waals surface area (Å²) < 4.78 is 5.10. The van der Waals surface area contributed by atoms with Gasteiger partial charge in [-0.1, -0.05) is 13.3 Å². The van der Waals surface area contributed by atoms with Gasteiger partial charge in [-0.25, -0.2) is 9.98 Å². The van der Waals surface area contributed by atoms with E-state index in [1.807, 2.05) is 12.1 Å². The number of pyridine rings is 1. The lowest BCUT2D eigenvalue weighted by Crippen LogP contribution is -2.37. The third-order valence-corrected chi connectivity index (χ3v) is 2.60. The number of hydrogen-bond donors (Lipinski definition) is 2. The predicted octanol–water partition coefficient (Wildman–Crippen LogP) is 1.95. The number of guanidine groups is 1. The van der Waals surface area contributed by atoms with Crippen molar-refractivity contribution in [3.63, 3.8) is 0 Å². The number of nitrogens with one attached hydrogen (secondary N) is 2. The zero-order chi connectivity index (χ0) is 13.9. The Hall–Kier alpha value is -1.78. The van der Waals surface area contributed by atoms with E-state index in [1.165, 1.54) is 6.42 Å². The maximum atomic E-state index is 5.10. The summed E-state index contributed by atoms with van der Waals surface area (Å²) in [4.78, 5) is 8.62. The van der Waals surface area contributed by atoms with Crippen LogP contribution in [0.15, 0.2) is 23.3 Å². The maximum absolute atomic E-state index is 5.10. The molecule has 0 aromatic carbocycles. The van der Waals surface area contributed by atoms with Gasteiger partial charge in [-0.05, 0) is 25.0 Å². The highest BCUT2D eigenvalue weighted by Crippen LogP contribution is 2.09. The van der Waals surface area contributed by atoms with Gasteiger partial charge in [-0.2, -0.15) is 0 Å². The molecule has 1 heterocycles. The first-order valence-electron chi connectivity index (χ1n) is 6.81. The second-order valence-corrected chi connectivity index (χ2v) is 4.18. The van der Waals surface area contributed by atoms with Gasteiger partial charge in [0.05, 0.1) is 13.7 Å². The Kier molecular flexibility index (Phi) is 7.39. The minimum absolute atomic E-state index is 0.611. The van der Waals surface area contributed by atoms with E-state index in [2.05, 4.69) is 34.5 Å². The Bertz CT molecular complexity index is 393. The number of methoxy groups -OCH3 is 1. The van der Waals surface area contributed by atoms with Crippen molar-refractivity contribution >= 4 is 5.96 Å². The monoisotopic (exact) mass is 264 g/mol. The van der Waals surface area contributed by atoms with E-state index in [9.17, 15) is 0 Å². The Morgan fingerprint density at radius 2 is 2.21 bits per heavy atom. The Morgan fingerprint density at radius 1 is 1.37 bits per heavy atom. The third-order valence-electron chi connectivity index (χ3n) is 2.60. The standard InChI is InChI=1S/C14H24N4O/c1-4-6-8-17-14(15-5-2)18-11-12-7-9-16-13(10-12)19-3/h7,9-10H,4-6,8,11H2,1-3H3,(H2,15,17,18). The summed E-state index contributed by atoms with van der Waals surface area (Å²) in [5.41, 5.74) is 1.08. The molecule has 0 bridgehead atoms. The molecule has 0 saturated carbocycles. The fourth-order valence-corrected chi connectivity index (χ4v) is 1.56. The third kappa shape index (κ3) is 6.08. The van der Waals surface area contributed by atoms with Crippen LogP contribution in [0, 0.1) is 0 Å². The van der Waals surface area contributed by atoms with Gasteiger partial charge in [-0.15, -0.1) is 0 Å². The molecule has 0 fully saturated rings. The molecule has 0 atom stereocenters. The van der Waals surface area contributed by atoms with Crippen molar-refractivity contribution in [2.75, 3.05) is 20.2 Å². The zero-order valence-electron chi connectivity index (χ0n) is 12.1. The minimum Gasteiger partial charge on any atom is -0.481 e. The normalized spacial score (nSPS) is 11.2. The van der Waals surface area contributed by atoms with Crippen molar-refractivity contribution in [2.45, 2.75) is 33.2 Å². The first kappa shape index (κ1) is 15.3. The molecular weight excluding hydrogens is 240 g/mol. The molecule has 5 nitrogen and oxygen atoms in total. The highest BCUT2D eigenvalue weighted by molar-refractivity contribution is 5.79. The number of unbranched alkanes of at least 4 members (excludes halogenated alkanes) is 1. The van der Waals surface area contributed by atoms with Gasteiger partial charge in [0.25, 0.3) is 0 Å². The molecule has 19 heavy (non-hydrogen) atoms. The molecule has 106 valence electrons. The summed E-state index contributed by atoms with van der Waals surface area (Å²) in [6.45, 7) is 6.65. The lowest BCUT2D eigenvalue weighted by Gasteiger charge is -2.10. The van der Waals surface area contributed by atoms with Gasteiger partial charge in [0, 0.05) is 25.4 Å². The summed E-state index contributed by atoms with van der Waals surface area (Å²) in [5, 5.41) is 6.54. The van der Waals surface area contributed by atoms with E-state index in [0.29, 0.717) is 12.4 Å². The molecule has 1 aromatic rings. The van der Waals surface area contributed by atoms with E-state index in [-0.39, 0.29) is 0 Å². The van der Waals surface area contributed by atoms with E-state index in [4.69, 9.17) is 4.74 Å². The van der Waals surface area contributed by atoms with Gasteiger partial charge in [0.1, 0.15) is 0 Å². The average molecular weight is 264 g/mol. The molecule has 5 heteroatoms. The lowest BCUT2D eigenvalue weighted by atomic mass is 10.3. The summed E-state index contributed by atoms with van der Waals surface area (Å²) in [5.74, 6) is 1.48. The number of ether oxygens (including phenoxy) is 1. The molecule has 0 saturated heterocycles. The van der Waals surface area contributed by atoms with E-state index >= 15 is 0 Å². The molecule has 0 aliphatic heterocycles. The summed E-state index contributed by atoms with van der Waals surface area (Å²) >= 11 is 0. The Labute approximate surface area is 115 Å². The fraction of sp³-hybridized carbons (Fsp3) is 0.571. The van der Waals surface area contributed by atoms with Crippen LogP contribution >= 0.6 is 0 Å². The molecule has 2 N–H and O–H groups in total. The molecular formula is C14H24N4O. The second-order valence-electron chi connectivity index (χ2n) is 4.18. The van der Waals surface area contributed by atoms with Crippen LogP contribution in [0.4, 0.5) is 0 Å². The first-order chi connectivity index (χ1) is 9.30. The second kappa shape index (κ2) is 9.19. The van der Waals surface area contributed by atoms with Crippen LogP contribution < -0.4 is 15.4 Å². The lowest BCUT2D eigenvalue weighted by molar-refractivity contribution is 0.397. The summed E-state index contributed by atoms with van der Waals surface area (Å²) in [7, 11) is 1.62. The molecule has 0 aliphatic rings. The molecule has 0 spiro atoms. The highest BCUT2D eigenvalue weighted by atomic mass is 16.5. The predicted molar refractivity (Wildman–Crippen MR) is 78.5 cm³/mol. The maximum Gasteiger partial charge on any atom is 0.213 e. The van der Waals surface area contributed by atoms with Gasteiger partial charge in [-0.3, -0.25) is 0 Å². The average Bonchev–Trinajstić information content (AvgIpc) is 2.45. The van der Waals surface area contributed by atoms with Gasteiger partial charge < -0.3 is 15.4 Å². The van der Waals surface area contributed by atoms with Crippen LogP contribution in [-0.4, -0.2) is 31.1 Å². The molecule has 1 aromatic heterocycles. The molecule has 0 aliphatic carbocycles. The SMILES string of the molecule is CCCCNC(=NCc1ccnc(OC)c1)NCC. The van der Waals surface area contributed by atoms with Crippen molar-refractivity contribution < 1.29 is 4.74 Å². The van der Waals surface area contributed by atoms with Crippen LogP contribution in [-0.2, 0) is 6.54 Å². The van der Waals surface area contributed by atoms with E-state index in [0.717, 1.165) is 31.0 Å². The first-order valence-corrected chi connectivity index (χ1v) is 6.81. The topological polar surface area (TPSA) is 58.5 Å². The largest absolute Gasteiger partial charge is 0.481 e. The Balaban J connectivity index is 2.57. The Morgan fingerprint density at radius 3 is 2.89 bits per heavy atom. The highest BCUT2D eigenvalue weighted by Gasteiger charge is 1.99. The zero-order valence-corrected chi connectivity index (χ0v) is 12.1. The van der Waals surface area contributed by atoms with Crippen molar-refractivity contribution in [1.82, 2.24) is 15.6 Å². The number of nitrogens with zero attached hydrogens (tertiary/aromatic N) is 2. The van der Waals surface area contributed by atoms with Crippen molar-refractivity contribution in [3.05, 3.63) is 23.9 Å². The van der Waals surface area contributed by atoms with E-state index in [1.54, 1.807) is 13.3 Å². The van der Waals surface area contributed by atoms with Gasteiger partial charge >= 0.3 is 0 Å². The fourth-order valence-electron chi connectivity index (χ4n) is 1.56. The molecule has 1 rings (SSSR count). The quantitative estimate of drug-likeness (QED) is 0.449.